The maximum absolute atomic E-state index is 5.54. The smallest absolute Gasteiger partial charge is 0.124 e. The molecule has 1 heterocycles. The Morgan fingerprint density at radius 2 is 2.29 bits per heavy atom. The van der Waals surface area contributed by atoms with Gasteiger partial charge in [0.2, 0.25) is 0 Å². The quantitative estimate of drug-likeness (QED) is 0.825. The lowest BCUT2D eigenvalue weighted by atomic mass is 10.1. The summed E-state index contributed by atoms with van der Waals surface area (Å²) in [6.45, 7) is 0.590. The molecule has 0 saturated carbocycles. The van der Waals surface area contributed by atoms with Crippen LogP contribution in [-0.2, 0) is 6.42 Å². The third kappa shape index (κ3) is 1.44. The number of hydrogen-bond donors (Lipinski definition) is 1. The first kappa shape index (κ1) is 9.36. The number of fused-ring (bicyclic) bond motifs is 1. The van der Waals surface area contributed by atoms with Crippen LogP contribution >= 0.6 is 11.7 Å². The van der Waals surface area contributed by atoms with Crippen LogP contribution < -0.4 is 10.5 Å². The molecule has 5 heteroatoms. The fourth-order valence-electron chi connectivity index (χ4n) is 1.46. The minimum Gasteiger partial charge on any atom is -0.496 e. The topological polar surface area (TPSA) is 61.0 Å². The fraction of sp³-hybridized carbons (Fsp3) is 0.333. The van der Waals surface area contributed by atoms with Gasteiger partial charge in [0.1, 0.15) is 16.8 Å². The Morgan fingerprint density at radius 1 is 1.43 bits per heavy atom. The van der Waals surface area contributed by atoms with E-state index in [1.54, 1.807) is 7.11 Å². The number of ether oxygens (including phenoxy) is 1. The standard InChI is InChI=1S/C9H11N3OS/c1-13-8-3-2-7-9(12-14-11-7)6(8)4-5-10/h2-3H,4-5,10H2,1H3. The molecule has 0 saturated heterocycles. The maximum Gasteiger partial charge on any atom is 0.124 e. The number of aromatic nitrogens is 2. The van der Waals surface area contributed by atoms with Crippen molar-refractivity contribution in [1.29, 1.82) is 0 Å². The first-order chi connectivity index (χ1) is 6.86. The Kier molecular flexibility index (Phi) is 2.60. The zero-order valence-electron chi connectivity index (χ0n) is 7.86. The molecule has 0 bridgehead atoms. The van der Waals surface area contributed by atoms with E-state index in [2.05, 4.69) is 8.75 Å². The molecule has 2 N–H and O–H groups in total. The van der Waals surface area contributed by atoms with Crippen molar-refractivity contribution in [2.45, 2.75) is 6.42 Å². The van der Waals surface area contributed by atoms with Crippen LogP contribution in [0.25, 0.3) is 11.0 Å². The average molecular weight is 209 g/mol. The number of nitrogens with zero attached hydrogens (tertiary/aromatic N) is 2. The van der Waals surface area contributed by atoms with Crippen LogP contribution in [0.3, 0.4) is 0 Å². The molecule has 0 aliphatic rings. The van der Waals surface area contributed by atoms with E-state index in [1.807, 2.05) is 12.1 Å². The first-order valence-electron chi connectivity index (χ1n) is 4.35. The molecule has 1 aromatic carbocycles. The molecule has 0 atom stereocenters. The number of hydrogen-bond acceptors (Lipinski definition) is 5. The molecule has 14 heavy (non-hydrogen) atoms. The van der Waals surface area contributed by atoms with Crippen LogP contribution in [0.15, 0.2) is 12.1 Å². The normalized spacial score (nSPS) is 10.7. The highest BCUT2D eigenvalue weighted by Gasteiger charge is 2.10. The van der Waals surface area contributed by atoms with Crippen LogP contribution in [0.1, 0.15) is 5.56 Å². The van der Waals surface area contributed by atoms with E-state index in [0.717, 1.165) is 28.8 Å². The van der Waals surface area contributed by atoms with Gasteiger partial charge in [-0.05, 0) is 25.1 Å². The third-order valence-electron chi connectivity index (χ3n) is 2.10. The van der Waals surface area contributed by atoms with Gasteiger partial charge in [0.15, 0.2) is 0 Å². The van der Waals surface area contributed by atoms with Crippen molar-refractivity contribution in [3.8, 4) is 5.75 Å². The Morgan fingerprint density at radius 3 is 3.00 bits per heavy atom. The molecular formula is C9H11N3OS. The highest BCUT2D eigenvalue weighted by Crippen LogP contribution is 2.26. The summed E-state index contributed by atoms with van der Waals surface area (Å²) in [4.78, 5) is 0. The summed E-state index contributed by atoms with van der Waals surface area (Å²) < 4.78 is 13.7. The Labute approximate surface area is 86.0 Å². The lowest BCUT2D eigenvalue weighted by Gasteiger charge is -2.06. The molecule has 4 nitrogen and oxygen atoms in total. The van der Waals surface area contributed by atoms with Crippen LogP contribution in [0.2, 0.25) is 0 Å². The van der Waals surface area contributed by atoms with Crippen molar-refractivity contribution in [2.75, 3.05) is 13.7 Å². The summed E-state index contributed by atoms with van der Waals surface area (Å²) in [7, 11) is 1.65. The second-order valence-electron chi connectivity index (χ2n) is 2.92. The third-order valence-corrected chi connectivity index (χ3v) is 2.65. The maximum atomic E-state index is 5.54. The van der Waals surface area contributed by atoms with Crippen molar-refractivity contribution in [3.63, 3.8) is 0 Å². The van der Waals surface area contributed by atoms with Gasteiger partial charge >= 0.3 is 0 Å². The van der Waals surface area contributed by atoms with E-state index in [9.17, 15) is 0 Å². The Balaban J connectivity index is 2.62. The Bertz CT molecular complexity index is 441. The number of rotatable bonds is 3. The average Bonchev–Trinajstić information content (AvgIpc) is 2.67. The molecule has 1 aromatic heterocycles. The minimum atomic E-state index is 0.590. The van der Waals surface area contributed by atoms with Gasteiger partial charge in [-0.25, -0.2) is 0 Å². The summed E-state index contributed by atoms with van der Waals surface area (Å²) in [5.41, 5.74) is 8.43. The molecule has 74 valence electrons. The molecule has 0 amide bonds. The van der Waals surface area contributed by atoms with E-state index >= 15 is 0 Å². The molecule has 0 radical (unpaired) electrons. The van der Waals surface area contributed by atoms with E-state index in [0.29, 0.717) is 6.54 Å². The predicted octanol–water partition coefficient (Wildman–Crippen LogP) is 1.20. The number of nitrogens with two attached hydrogens (primary N) is 1. The second kappa shape index (κ2) is 3.89. The van der Waals surface area contributed by atoms with Crippen LogP contribution in [0.4, 0.5) is 0 Å². The van der Waals surface area contributed by atoms with Gasteiger partial charge in [-0.1, -0.05) is 0 Å². The molecule has 0 unspecified atom stereocenters. The summed E-state index contributed by atoms with van der Waals surface area (Å²) >= 11 is 1.22. The Hall–Kier alpha value is -1.20. The lowest BCUT2D eigenvalue weighted by molar-refractivity contribution is 0.410. The van der Waals surface area contributed by atoms with Gasteiger partial charge < -0.3 is 10.5 Å². The van der Waals surface area contributed by atoms with E-state index in [-0.39, 0.29) is 0 Å². The predicted molar refractivity (Wildman–Crippen MR) is 56.7 cm³/mol. The zero-order chi connectivity index (χ0) is 9.97. The van der Waals surface area contributed by atoms with Crippen molar-refractivity contribution >= 4 is 22.8 Å². The molecule has 0 aliphatic heterocycles. The minimum absolute atomic E-state index is 0.590. The van der Waals surface area contributed by atoms with Gasteiger partial charge in [-0.3, -0.25) is 0 Å². The van der Waals surface area contributed by atoms with Gasteiger partial charge in [0, 0.05) is 5.56 Å². The van der Waals surface area contributed by atoms with Crippen LogP contribution in [-0.4, -0.2) is 22.4 Å². The van der Waals surface area contributed by atoms with Crippen molar-refractivity contribution < 1.29 is 4.74 Å². The summed E-state index contributed by atoms with van der Waals surface area (Å²) in [6.07, 6.45) is 0.770. The van der Waals surface area contributed by atoms with Crippen molar-refractivity contribution in [1.82, 2.24) is 8.75 Å². The van der Waals surface area contributed by atoms with Crippen molar-refractivity contribution in [2.24, 2.45) is 5.73 Å². The monoisotopic (exact) mass is 209 g/mol. The summed E-state index contributed by atoms with van der Waals surface area (Å²) in [6, 6.07) is 3.83. The van der Waals surface area contributed by atoms with Gasteiger partial charge in [0.05, 0.1) is 18.8 Å². The van der Waals surface area contributed by atoms with E-state index in [4.69, 9.17) is 10.5 Å². The van der Waals surface area contributed by atoms with Gasteiger partial charge in [-0.15, -0.1) is 0 Å². The van der Waals surface area contributed by atoms with Crippen LogP contribution in [0.5, 0.6) is 5.75 Å². The van der Waals surface area contributed by atoms with Gasteiger partial charge in [0.25, 0.3) is 0 Å². The summed E-state index contributed by atoms with van der Waals surface area (Å²) in [5, 5.41) is 0. The fourth-order valence-corrected chi connectivity index (χ4v) is 2.02. The van der Waals surface area contributed by atoms with Crippen LogP contribution in [0, 0.1) is 0 Å². The largest absolute Gasteiger partial charge is 0.496 e. The molecule has 0 fully saturated rings. The van der Waals surface area contributed by atoms with E-state index < -0.39 is 0 Å². The molecule has 2 rings (SSSR count). The number of benzene rings is 1. The zero-order valence-corrected chi connectivity index (χ0v) is 8.67. The first-order valence-corrected chi connectivity index (χ1v) is 5.08. The highest BCUT2D eigenvalue weighted by molar-refractivity contribution is 7.00. The van der Waals surface area contributed by atoms with Gasteiger partial charge in [-0.2, -0.15) is 8.75 Å². The van der Waals surface area contributed by atoms with Crippen molar-refractivity contribution in [3.05, 3.63) is 17.7 Å². The molecular weight excluding hydrogens is 198 g/mol. The SMILES string of the molecule is COc1ccc2nsnc2c1CCN. The number of methoxy groups -OCH3 is 1. The van der Waals surface area contributed by atoms with E-state index in [1.165, 1.54) is 11.7 Å². The molecule has 2 aromatic rings. The lowest BCUT2D eigenvalue weighted by Crippen LogP contribution is -2.04. The summed E-state index contributed by atoms with van der Waals surface area (Å²) in [5.74, 6) is 0.843. The second-order valence-corrected chi connectivity index (χ2v) is 3.45. The molecule has 0 aliphatic carbocycles. The molecule has 0 spiro atoms. The highest BCUT2D eigenvalue weighted by atomic mass is 32.1.